The van der Waals surface area contributed by atoms with Crippen molar-refractivity contribution in [2.24, 2.45) is 11.3 Å². The van der Waals surface area contributed by atoms with E-state index >= 15 is 0 Å². The molecule has 1 aliphatic heterocycles. The number of fused-ring (bicyclic) bond motifs is 2. The van der Waals surface area contributed by atoms with Crippen LogP contribution in [0.25, 0.3) is 21.3 Å². The number of amides is 1. The van der Waals surface area contributed by atoms with Crippen LogP contribution >= 0.6 is 11.3 Å². The van der Waals surface area contributed by atoms with Crippen LogP contribution in [0.15, 0.2) is 59.5 Å². The summed E-state index contributed by atoms with van der Waals surface area (Å²) in [5, 5.41) is 4.47. The summed E-state index contributed by atoms with van der Waals surface area (Å²) >= 11 is 1.50. The predicted octanol–water partition coefficient (Wildman–Crippen LogP) is 6.69. The molecule has 6 rings (SSSR count). The molecule has 8 heteroatoms. The summed E-state index contributed by atoms with van der Waals surface area (Å²) in [6.07, 6.45) is 8.16. The van der Waals surface area contributed by atoms with E-state index < -0.39 is 0 Å². The van der Waals surface area contributed by atoms with Crippen molar-refractivity contribution < 1.29 is 4.79 Å². The van der Waals surface area contributed by atoms with Gasteiger partial charge >= 0.3 is 0 Å². The molecule has 0 radical (unpaired) electrons. The Bertz CT molecular complexity index is 1670. The summed E-state index contributed by atoms with van der Waals surface area (Å²) < 4.78 is 0. The molecule has 1 aliphatic carbocycles. The SMILES string of the molecule is CN(C)C1CCN(CC[C@@H](NC(=O)c2cc3cc4c(nc3s2)CC[C@H](C(C)(C)C)C4)c2ccc(-c3ccc(=O)[nH]c3)cc2)CC1. The number of aromatic amines is 1. The van der Waals surface area contributed by atoms with Crippen LogP contribution in [0.1, 0.15) is 79.0 Å². The van der Waals surface area contributed by atoms with Crippen LogP contribution in [0.2, 0.25) is 0 Å². The van der Waals surface area contributed by atoms with E-state index in [4.69, 9.17) is 4.98 Å². The van der Waals surface area contributed by atoms with Gasteiger partial charge in [-0.05, 0) is 117 Å². The number of benzene rings is 1. The Hall–Kier alpha value is -3.33. The van der Waals surface area contributed by atoms with Crippen molar-refractivity contribution in [3.8, 4) is 11.1 Å². The Morgan fingerprint density at radius 1 is 1.07 bits per heavy atom. The van der Waals surface area contributed by atoms with E-state index in [2.05, 4.69) is 85.3 Å². The van der Waals surface area contributed by atoms with Crippen LogP contribution in [0.3, 0.4) is 0 Å². The Morgan fingerprint density at radius 2 is 1.80 bits per heavy atom. The number of piperidine rings is 1. The van der Waals surface area contributed by atoms with Crippen molar-refractivity contribution in [3.63, 3.8) is 0 Å². The average molecular weight is 626 g/mol. The number of hydrogen-bond donors (Lipinski definition) is 2. The third-order valence-corrected chi connectivity index (χ3v) is 11.1. The van der Waals surface area contributed by atoms with E-state index in [1.54, 1.807) is 12.3 Å². The molecule has 238 valence electrons. The van der Waals surface area contributed by atoms with E-state index in [1.807, 2.05) is 12.1 Å². The minimum atomic E-state index is -0.118. The first-order chi connectivity index (χ1) is 21.5. The number of thiophene rings is 1. The van der Waals surface area contributed by atoms with Crippen molar-refractivity contribution in [3.05, 3.63) is 86.8 Å². The summed E-state index contributed by atoms with van der Waals surface area (Å²) in [6.45, 7) is 10.1. The van der Waals surface area contributed by atoms with Crippen LogP contribution in [0.4, 0.5) is 0 Å². The fourth-order valence-electron chi connectivity index (χ4n) is 7.00. The second-order valence-electron chi connectivity index (χ2n) is 14.3. The number of rotatable bonds is 8. The molecule has 1 aromatic carbocycles. The summed E-state index contributed by atoms with van der Waals surface area (Å²) in [5.41, 5.74) is 5.79. The van der Waals surface area contributed by atoms with Gasteiger partial charge in [-0.25, -0.2) is 4.98 Å². The Morgan fingerprint density at radius 3 is 2.47 bits per heavy atom. The van der Waals surface area contributed by atoms with E-state index in [9.17, 15) is 9.59 Å². The van der Waals surface area contributed by atoms with Crippen LogP contribution < -0.4 is 10.9 Å². The molecule has 0 unspecified atom stereocenters. The largest absolute Gasteiger partial charge is 0.344 e. The molecule has 7 nitrogen and oxygen atoms in total. The van der Waals surface area contributed by atoms with Crippen molar-refractivity contribution in [2.45, 2.75) is 71.4 Å². The molecule has 1 fully saturated rings. The Kier molecular flexibility index (Phi) is 9.27. The first kappa shape index (κ1) is 31.6. The van der Waals surface area contributed by atoms with Crippen LogP contribution in [0, 0.1) is 11.3 Å². The molecule has 45 heavy (non-hydrogen) atoms. The van der Waals surface area contributed by atoms with Crippen molar-refractivity contribution >= 4 is 27.5 Å². The maximum Gasteiger partial charge on any atom is 0.261 e. The quantitative estimate of drug-likeness (QED) is 0.228. The summed E-state index contributed by atoms with van der Waals surface area (Å²) in [6, 6.07) is 16.6. The highest BCUT2D eigenvalue weighted by atomic mass is 32.1. The molecule has 0 spiro atoms. The van der Waals surface area contributed by atoms with Gasteiger partial charge in [0.2, 0.25) is 5.56 Å². The van der Waals surface area contributed by atoms with Crippen LogP contribution in [-0.2, 0) is 12.8 Å². The first-order valence-corrected chi connectivity index (χ1v) is 17.3. The maximum absolute atomic E-state index is 13.8. The molecule has 4 heterocycles. The lowest BCUT2D eigenvalue weighted by Gasteiger charge is -2.35. The molecule has 1 saturated heterocycles. The molecule has 2 N–H and O–H groups in total. The number of carbonyl (C=O) groups excluding carboxylic acids is 1. The molecule has 2 atom stereocenters. The van der Waals surface area contributed by atoms with Gasteiger partial charge in [0.15, 0.2) is 0 Å². The van der Waals surface area contributed by atoms with Gasteiger partial charge in [0.1, 0.15) is 4.83 Å². The third kappa shape index (κ3) is 7.40. The summed E-state index contributed by atoms with van der Waals surface area (Å²) in [5.74, 6) is 0.611. The Labute approximate surface area is 271 Å². The van der Waals surface area contributed by atoms with Gasteiger partial charge in [0, 0.05) is 35.9 Å². The van der Waals surface area contributed by atoms with E-state index in [1.165, 1.54) is 41.9 Å². The van der Waals surface area contributed by atoms with Crippen molar-refractivity contribution in [1.82, 2.24) is 25.1 Å². The molecule has 1 amide bonds. The predicted molar refractivity (Wildman–Crippen MR) is 185 cm³/mol. The molecular formula is C37H47N5O2S. The molecule has 3 aromatic heterocycles. The molecule has 0 bridgehead atoms. The standard InChI is InChI=1S/C37H47N5O2S/c1-37(2,3)29-11-12-31-27(21-29)20-28-22-33(45-36(28)40-31)35(44)39-32(16-19-42-17-14-30(15-18-42)41(4)5)25-8-6-24(7-9-25)26-10-13-34(43)38-23-26/h6-10,13,20,22-23,29-30,32H,11-12,14-19,21H2,1-5H3,(H,38,43)(H,39,44)/t29-,32+/m0/s1. The fraction of sp³-hybridized carbons (Fsp3) is 0.486. The second-order valence-corrected chi connectivity index (χ2v) is 15.4. The van der Waals surface area contributed by atoms with Gasteiger partial charge in [0.05, 0.1) is 10.9 Å². The molecular weight excluding hydrogens is 579 g/mol. The van der Waals surface area contributed by atoms with Gasteiger partial charge < -0.3 is 20.1 Å². The number of H-pyrrole nitrogens is 1. The second kappa shape index (κ2) is 13.2. The summed E-state index contributed by atoms with van der Waals surface area (Å²) in [4.78, 5) is 39.7. The minimum Gasteiger partial charge on any atom is -0.344 e. The zero-order chi connectivity index (χ0) is 31.7. The number of aryl methyl sites for hydroxylation is 1. The Balaban J connectivity index is 1.20. The first-order valence-electron chi connectivity index (χ1n) is 16.4. The van der Waals surface area contributed by atoms with Gasteiger partial charge in [-0.2, -0.15) is 0 Å². The third-order valence-electron chi connectivity index (χ3n) is 10.1. The maximum atomic E-state index is 13.8. The van der Waals surface area contributed by atoms with Gasteiger partial charge in [0.25, 0.3) is 5.91 Å². The highest BCUT2D eigenvalue weighted by Gasteiger charge is 2.30. The zero-order valence-electron chi connectivity index (χ0n) is 27.4. The number of likely N-dealkylation sites (tertiary alicyclic amines) is 1. The lowest BCUT2D eigenvalue weighted by Crippen LogP contribution is -2.43. The molecule has 4 aromatic rings. The van der Waals surface area contributed by atoms with Crippen molar-refractivity contribution in [2.75, 3.05) is 33.7 Å². The molecule has 0 saturated carbocycles. The molecule has 2 aliphatic rings. The zero-order valence-corrected chi connectivity index (χ0v) is 28.2. The van der Waals surface area contributed by atoms with Crippen molar-refractivity contribution in [1.29, 1.82) is 0 Å². The topological polar surface area (TPSA) is 81.3 Å². The number of aromatic nitrogens is 2. The highest BCUT2D eigenvalue weighted by molar-refractivity contribution is 7.20. The summed E-state index contributed by atoms with van der Waals surface area (Å²) in [7, 11) is 4.34. The number of nitrogens with one attached hydrogen (secondary N) is 2. The van der Waals surface area contributed by atoms with Gasteiger partial charge in [-0.1, -0.05) is 45.0 Å². The number of nitrogens with zero attached hydrogens (tertiary/aromatic N) is 3. The number of carbonyl (C=O) groups is 1. The highest BCUT2D eigenvalue weighted by Crippen LogP contribution is 2.38. The van der Waals surface area contributed by atoms with Gasteiger partial charge in [-0.3, -0.25) is 9.59 Å². The lowest BCUT2D eigenvalue weighted by molar-refractivity contribution is 0.0930. The minimum absolute atomic E-state index is 0.0374. The number of hydrogen-bond acceptors (Lipinski definition) is 6. The number of pyridine rings is 2. The van der Waals surface area contributed by atoms with Crippen LogP contribution in [-0.4, -0.2) is 65.4 Å². The smallest absolute Gasteiger partial charge is 0.261 e. The van der Waals surface area contributed by atoms with Crippen LogP contribution in [0.5, 0.6) is 0 Å². The lowest BCUT2D eigenvalue weighted by atomic mass is 9.71. The monoisotopic (exact) mass is 625 g/mol. The van der Waals surface area contributed by atoms with Gasteiger partial charge in [-0.15, -0.1) is 11.3 Å². The van der Waals surface area contributed by atoms with E-state index in [-0.39, 0.29) is 22.9 Å². The van der Waals surface area contributed by atoms with E-state index in [0.717, 1.165) is 65.8 Å². The normalized spacial score (nSPS) is 18.7. The fourth-order valence-corrected chi connectivity index (χ4v) is 7.93. The average Bonchev–Trinajstić information content (AvgIpc) is 3.45. The van der Waals surface area contributed by atoms with E-state index in [0.29, 0.717) is 16.8 Å².